The average molecular weight is 443 g/mol. The van der Waals surface area contributed by atoms with E-state index in [-0.39, 0.29) is 16.5 Å². The van der Waals surface area contributed by atoms with Crippen molar-refractivity contribution in [1.29, 1.82) is 0 Å². The van der Waals surface area contributed by atoms with Crippen molar-refractivity contribution in [2.45, 2.75) is 38.1 Å². The fourth-order valence-electron chi connectivity index (χ4n) is 2.89. The molecule has 0 fully saturated rings. The minimum absolute atomic E-state index is 0.0465. The molecule has 0 saturated heterocycles. The Labute approximate surface area is 169 Å². The number of anilines is 2. The standard InChI is InChI=1S/C18H17ClF2N4O3S/c1-9(2)25-16-11(7-13(15(20)21)17(25)26)8-22-18(24-16)23-14-5-4-12(6-10(14)3)29(19,27)28/h4-9,15H,1-3H3,(H,22,23,24). The molecule has 0 spiro atoms. The first kappa shape index (κ1) is 21.1. The van der Waals surface area contributed by atoms with Crippen LogP contribution in [0.15, 0.2) is 40.2 Å². The van der Waals surface area contributed by atoms with E-state index in [1.807, 2.05) is 0 Å². The number of hydrogen-bond donors (Lipinski definition) is 1. The zero-order chi connectivity index (χ0) is 21.5. The number of pyridine rings is 1. The first-order chi connectivity index (χ1) is 13.5. The SMILES string of the molecule is Cc1cc(S(=O)(=O)Cl)ccc1Nc1ncc2cc(C(F)F)c(=O)n(C(C)C)c2n1. The van der Waals surface area contributed by atoms with Crippen molar-refractivity contribution in [3.63, 3.8) is 0 Å². The first-order valence-electron chi connectivity index (χ1n) is 8.51. The molecule has 7 nitrogen and oxygen atoms in total. The summed E-state index contributed by atoms with van der Waals surface area (Å²) in [6.07, 6.45) is -1.56. The summed E-state index contributed by atoms with van der Waals surface area (Å²) in [6.45, 7) is 5.06. The molecule has 1 aromatic carbocycles. The van der Waals surface area contributed by atoms with Gasteiger partial charge in [0.15, 0.2) is 0 Å². The van der Waals surface area contributed by atoms with Gasteiger partial charge in [-0.1, -0.05) is 0 Å². The highest BCUT2D eigenvalue weighted by molar-refractivity contribution is 8.13. The van der Waals surface area contributed by atoms with Gasteiger partial charge in [0.1, 0.15) is 5.65 Å². The van der Waals surface area contributed by atoms with Gasteiger partial charge < -0.3 is 5.32 Å². The van der Waals surface area contributed by atoms with Gasteiger partial charge in [0, 0.05) is 34.0 Å². The second-order valence-electron chi connectivity index (χ2n) is 6.68. The summed E-state index contributed by atoms with van der Waals surface area (Å²) in [5.74, 6) is 0.126. The number of fused-ring (bicyclic) bond motifs is 1. The first-order valence-corrected chi connectivity index (χ1v) is 10.8. The molecule has 2 aromatic heterocycles. The van der Waals surface area contributed by atoms with Gasteiger partial charge in [-0.2, -0.15) is 4.98 Å². The number of aromatic nitrogens is 3. The third-order valence-corrected chi connectivity index (χ3v) is 5.63. The van der Waals surface area contributed by atoms with Crippen molar-refractivity contribution in [1.82, 2.24) is 14.5 Å². The lowest BCUT2D eigenvalue weighted by atomic mass is 10.2. The lowest BCUT2D eigenvalue weighted by Crippen LogP contribution is -2.26. The van der Waals surface area contributed by atoms with E-state index in [0.717, 1.165) is 6.07 Å². The van der Waals surface area contributed by atoms with Crippen molar-refractivity contribution >= 4 is 42.4 Å². The summed E-state index contributed by atoms with van der Waals surface area (Å²) >= 11 is 0. The minimum Gasteiger partial charge on any atom is -0.324 e. The molecule has 0 bridgehead atoms. The lowest BCUT2D eigenvalue weighted by Gasteiger charge is -2.16. The highest BCUT2D eigenvalue weighted by Crippen LogP contribution is 2.26. The van der Waals surface area contributed by atoms with Crippen molar-refractivity contribution in [2.24, 2.45) is 0 Å². The van der Waals surface area contributed by atoms with E-state index in [2.05, 4.69) is 15.3 Å². The fraction of sp³-hybridized carbons (Fsp3) is 0.278. The van der Waals surface area contributed by atoms with E-state index in [9.17, 15) is 22.0 Å². The molecular formula is C18H17ClF2N4O3S. The Hall–Kier alpha value is -2.59. The molecule has 0 aliphatic heterocycles. The van der Waals surface area contributed by atoms with Crippen LogP contribution in [0.5, 0.6) is 0 Å². The molecule has 11 heteroatoms. The van der Waals surface area contributed by atoms with E-state index in [1.54, 1.807) is 20.8 Å². The smallest absolute Gasteiger partial charge is 0.269 e. The molecule has 2 heterocycles. The summed E-state index contributed by atoms with van der Waals surface area (Å²) in [6, 6.07) is 4.92. The summed E-state index contributed by atoms with van der Waals surface area (Å²) in [5.41, 5.74) is -0.102. The Balaban J connectivity index is 2.10. The minimum atomic E-state index is -3.86. The molecule has 0 unspecified atom stereocenters. The van der Waals surface area contributed by atoms with E-state index < -0.39 is 32.6 Å². The van der Waals surface area contributed by atoms with Crippen molar-refractivity contribution < 1.29 is 17.2 Å². The van der Waals surface area contributed by atoms with Crippen LogP contribution in [0.2, 0.25) is 0 Å². The molecule has 0 amide bonds. The van der Waals surface area contributed by atoms with Gasteiger partial charge in [0.25, 0.3) is 21.0 Å². The molecule has 0 radical (unpaired) electrons. The molecule has 3 rings (SSSR count). The predicted octanol–water partition coefficient (Wildman–Crippen LogP) is 4.29. The van der Waals surface area contributed by atoms with Crippen LogP contribution in [0.1, 0.15) is 37.4 Å². The van der Waals surface area contributed by atoms with Gasteiger partial charge in [0.2, 0.25) is 5.95 Å². The number of nitrogens with zero attached hydrogens (tertiary/aromatic N) is 3. The van der Waals surface area contributed by atoms with Crippen LogP contribution in [0.25, 0.3) is 11.0 Å². The Morgan fingerprint density at radius 3 is 2.45 bits per heavy atom. The molecule has 3 aromatic rings. The molecule has 29 heavy (non-hydrogen) atoms. The Morgan fingerprint density at radius 2 is 1.90 bits per heavy atom. The van der Waals surface area contributed by atoms with E-state index in [1.165, 1.54) is 29.0 Å². The second-order valence-corrected chi connectivity index (χ2v) is 9.25. The Morgan fingerprint density at radius 1 is 1.21 bits per heavy atom. The quantitative estimate of drug-likeness (QED) is 0.592. The summed E-state index contributed by atoms with van der Waals surface area (Å²) in [7, 11) is 1.49. The molecule has 0 atom stereocenters. The number of halogens is 3. The Kier molecular flexibility index (Phi) is 5.59. The van der Waals surface area contributed by atoms with Crippen LogP contribution in [0.4, 0.5) is 20.4 Å². The number of benzene rings is 1. The topological polar surface area (TPSA) is 94.0 Å². The molecule has 1 N–H and O–H groups in total. The zero-order valence-electron chi connectivity index (χ0n) is 15.6. The highest BCUT2D eigenvalue weighted by Gasteiger charge is 2.20. The average Bonchev–Trinajstić information content (AvgIpc) is 2.61. The van der Waals surface area contributed by atoms with Crippen molar-refractivity contribution in [2.75, 3.05) is 5.32 Å². The van der Waals surface area contributed by atoms with Crippen molar-refractivity contribution in [3.05, 3.63) is 51.9 Å². The van der Waals surface area contributed by atoms with Gasteiger partial charge in [-0.25, -0.2) is 22.2 Å². The van der Waals surface area contributed by atoms with Crippen LogP contribution in [0, 0.1) is 6.92 Å². The molecule has 0 aliphatic carbocycles. The molecule has 0 saturated carbocycles. The maximum atomic E-state index is 13.2. The van der Waals surface area contributed by atoms with Crippen LogP contribution in [0.3, 0.4) is 0 Å². The maximum Gasteiger partial charge on any atom is 0.269 e. The molecular weight excluding hydrogens is 426 g/mol. The number of alkyl halides is 2. The zero-order valence-corrected chi connectivity index (χ0v) is 17.2. The largest absolute Gasteiger partial charge is 0.324 e. The second kappa shape index (κ2) is 7.68. The summed E-state index contributed by atoms with van der Waals surface area (Å²) in [4.78, 5) is 20.8. The number of nitrogens with one attached hydrogen (secondary N) is 1. The summed E-state index contributed by atoms with van der Waals surface area (Å²) < 4.78 is 50.5. The molecule has 154 valence electrons. The van der Waals surface area contributed by atoms with Crippen LogP contribution < -0.4 is 10.9 Å². The third-order valence-electron chi connectivity index (χ3n) is 4.28. The predicted molar refractivity (Wildman–Crippen MR) is 107 cm³/mol. The normalized spacial score (nSPS) is 12.1. The monoisotopic (exact) mass is 442 g/mol. The van der Waals surface area contributed by atoms with E-state index in [4.69, 9.17) is 10.7 Å². The lowest BCUT2D eigenvalue weighted by molar-refractivity contribution is 0.149. The summed E-state index contributed by atoms with van der Waals surface area (Å²) in [5, 5.41) is 3.25. The third kappa shape index (κ3) is 4.23. The van der Waals surface area contributed by atoms with Gasteiger partial charge in [-0.15, -0.1) is 0 Å². The number of rotatable bonds is 5. The fourth-order valence-corrected chi connectivity index (χ4v) is 3.72. The van der Waals surface area contributed by atoms with Crippen LogP contribution in [-0.4, -0.2) is 23.0 Å². The molecule has 0 aliphatic rings. The van der Waals surface area contributed by atoms with Gasteiger partial charge in [-0.3, -0.25) is 9.36 Å². The van der Waals surface area contributed by atoms with E-state index >= 15 is 0 Å². The van der Waals surface area contributed by atoms with E-state index in [0.29, 0.717) is 16.6 Å². The van der Waals surface area contributed by atoms with Crippen molar-refractivity contribution in [3.8, 4) is 0 Å². The number of hydrogen-bond acceptors (Lipinski definition) is 6. The van der Waals surface area contributed by atoms with Crippen LogP contribution >= 0.6 is 10.7 Å². The van der Waals surface area contributed by atoms with Gasteiger partial charge >= 0.3 is 0 Å². The highest BCUT2D eigenvalue weighted by atomic mass is 35.7. The Bertz CT molecular complexity index is 1260. The van der Waals surface area contributed by atoms with Gasteiger partial charge in [0.05, 0.1) is 10.5 Å². The van der Waals surface area contributed by atoms with Crippen LogP contribution in [-0.2, 0) is 9.05 Å². The maximum absolute atomic E-state index is 13.2. The van der Waals surface area contributed by atoms with Gasteiger partial charge in [-0.05, 0) is 50.6 Å². The number of aryl methyl sites for hydroxylation is 1.